The maximum Gasteiger partial charge on any atom is 0.238 e. The Morgan fingerprint density at radius 3 is 3.00 bits per heavy atom. The summed E-state index contributed by atoms with van der Waals surface area (Å²) in [6.45, 7) is 4.56. The molecule has 0 bridgehead atoms. The van der Waals surface area contributed by atoms with Gasteiger partial charge in [0, 0.05) is 6.54 Å². The number of para-hydroxylation sites is 1. The summed E-state index contributed by atoms with van der Waals surface area (Å²) in [7, 11) is 0. The molecule has 0 spiro atoms. The number of hydrogen-bond acceptors (Lipinski definition) is 3. The molecule has 1 heterocycles. The number of anilines is 1. The zero-order valence-corrected chi connectivity index (χ0v) is 10.5. The monoisotopic (exact) mass is 243 g/mol. The predicted octanol–water partition coefficient (Wildman–Crippen LogP) is 1.84. The summed E-state index contributed by atoms with van der Waals surface area (Å²) in [5.41, 5.74) is 1.10. The first kappa shape index (κ1) is 12.6. The van der Waals surface area contributed by atoms with Crippen molar-refractivity contribution in [3.63, 3.8) is 0 Å². The van der Waals surface area contributed by atoms with Gasteiger partial charge in [0.1, 0.15) is 6.07 Å². The number of nitriles is 1. The second-order valence-electron chi connectivity index (χ2n) is 4.83. The molecule has 0 saturated carbocycles. The van der Waals surface area contributed by atoms with Crippen molar-refractivity contribution in [1.29, 1.82) is 5.26 Å². The molecule has 1 amide bonds. The first-order valence-electron chi connectivity index (χ1n) is 6.20. The Morgan fingerprint density at radius 2 is 2.33 bits per heavy atom. The fourth-order valence-corrected chi connectivity index (χ4v) is 2.25. The van der Waals surface area contributed by atoms with E-state index in [0.29, 0.717) is 23.7 Å². The van der Waals surface area contributed by atoms with Gasteiger partial charge in [0.25, 0.3) is 0 Å². The normalized spacial score (nSPS) is 19.4. The molecule has 0 radical (unpaired) electrons. The number of carbonyl (C=O) groups excluding carboxylic acids is 1. The number of benzene rings is 1. The summed E-state index contributed by atoms with van der Waals surface area (Å²) in [5, 5.41) is 11.7. The minimum atomic E-state index is -0.0493. The van der Waals surface area contributed by atoms with E-state index < -0.39 is 0 Å². The predicted molar refractivity (Wildman–Crippen MR) is 70.0 cm³/mol. The summed E-state index contributed by atoms with van der Waals surface area (Å²) in [4.78, 5) is 14.0. The summed E-state index contributed by atoms with van der Waals surface area (Å²) in [5.74, 6) is 0.621. The van der Waals surface area contributed by atoms with Gasteiger partial charge in [0.05, 0.1) is 17.8 Å². The van der Waals surface area contributed by atoms with Crippen LogP contribution in [0.1, 0.15) is 18.9 Å². The van der Waals surface area contributed by atoms with Crippen LogP contribution < -0.4 is 5.32 Å². The highest BCUT2D eigenvalue weighted by atomic mass is 16.2. The first-order valence-corrected chi connectivity index (χ1v) is 6.20. The molecule has 94 valence electrons. The molecule has 1 saturated heterocycles. The van der Waals surface area contributed by atoms with Crippen molar-refractivity contribution < 1.29 is 4.79 Å². The maximum absolute atomic E-state index is 11.9. The largest absolute Gasteiger partial charge is 0.324 e. The van der Waals surface area contributed by atoms with Crippen molar-refractivity contribution in [2.75, 3.05) is 25.0 Å². The molecule has 0 aromatic heterocycles. The Morgan fingerprint density at radius 1 is 1.56 bits per heavy atom. The Balaban J connectivity index is 1.93. The fourth-order valence-electron chi connectivity index (χ4n) is 2.25. The quantitative estimate of drug-likeness (QED) is 0.881. The van der Waals surface area contributed by atoms with Gasteiger partial charge >= 0.3 is 0 Å². The van der Waals surface area contributed by atoms with E-state index in [0.717, 1.165) is 19.5 Å². The minimum absolute atomic E-state index is 0.0493. The van der Waals surface area contributed by atoms with Crippen LogP contribution in [0.2, 0.25) is 0 Å². The van der Waals surface area contributed by atoms with Crippen LogP contribution in [0.4, 0.5) is 5.69 Å². The molecule has 1 aliphatic rings. The molecule has 1 N–H and O–H groups in total. The molecule has 1 aromatic carbocycles. The van der Waals surface area contributed by atoms with Crippen molar-refractivity contribution in [2.24, 2.45) is 5.92 Å². The van der Waals surface area contributed by atoms with Crippen LogP contribution in [0.5, 0.6) is 0 Å². The smallest absolute Gasteiger partial charge is 0.238 e. The van der Waals surface area contributed by atoms with Crippen LogP contribution in [-0.4, -0.2) is 30.4 Å². The third kappa shape index (κ3) is 3.08. The third-order valence-electron chi connectivity index (χ3n) is 3.20. The number of carbonyl (C=O) groups is 1. The Labute approximate surface area is 107 Å². The minimum Gasteiger partial charge on any atom is -0.324 e. The van der Waals surface area contributed by atoms with Crippen molar-refractivity contribution in [3.05, 3.63) is 29.8 Å². The second-order valence-corrected chi connectivity index (χ2v) is 4.83. The summed E-state index contributed by atoms with van der Waals surface area (Å²) >= 11 is 0. The van der Waals surface area contributed by atoms with Gasteiger partial charge in [-0.05, 0) is 31.0 Å². The van der Waals surface area contributed by atoms with Crippen LogP contribution >= 0.6 is 0 Å². The molecule has 4 nitrogen and oxygen atoms in total. The van der Waals surface area contributed by atoms with E-state index in [1.807, 2.05) is 6.07 Å². The average molecular weight is 243 g/mol. The zero-order valence-electron chi connectivity index (χ0n) is 10.5. The standard InChI is InChI=1S/C14H17N3O/c1-11-6-7-17(9-11)10-14(18)16-13-5-3-2-4-12(13)8-15/h2-5,11H,6-7,9-10H2,1H3,(H,16,18). The topological polar surface area (TPSA) is 56.1 Å². The SMILES string of the molecule is CC1CCN(CC(=O)Nc2ccccc2C#N)C1. The van der Waals surface area contributed by atoms with Gasteiger partial charge in [-0.15, -0.1) is 0 Å². The van der Waals surface area contributed by atoms with Crippen molar-refractivity contribution in [1.82, 2.24) is 4.90 Å². The number of nitrogens with one attached hydrogen (secondary N) is 1. The van der Waals surface area contributed by atoms with Gasteiger partial charge in [-0.2, -0.15) is 5.26 Å². The molecule has 1 aromatic rings. The number of likely N-dealkylation sites (tertiary alicyclic amines) is 1. The van der Waals surface area contributed by atoms with Crippen LogP contribution in [-0.2, 0) is 4.79 Å². The number of amides is 1. The van der Waals surface area contributed by atoms with E-state index in [1.165, 1.54) is 0 Å². The van der Waals surface area contributed by atoms with Gasteiger partial charge in [0.2, 0.25) is 5.91 Å². The summed E-state index contributed by atoms with van der Waals surface area (Å²) < 4.78 is 0. The molecule has 1 fully saturated rings. The van der Waals surface area contributed by atoms with Crippen LogP contribution in [0.15, 0.2) is 24.3 Å². The fraction of sp³-hybridized carbons (Fsp3) is 0.429. The molecule has 2 rings (SSSR count). The van der Waals surface area contributed by atoms with Gasteiger partial charge < -0.3 is 5.32 Å². The van der Waals surface area contributed by atoms with E-state index in [1.54, 1.807) is 18.2 Å². The summed E-state index contributed by atoms with van der Waals surface area (Å²) in [6.07, 6.45) is 1.15. The van der Waals surface area contributed by atoms with Crippen LogP contribution in [0, 0.1) is 17.2 Å². The van der Waals surface area contributed by atoms with E-state index in [9.17, 15) is 4.79 Å². The Hall–Kier alpha value is -1.86. The lowest BCUT2D eigenvalue weighted by molar-refractivity contribution is -0.117. The van der Waals surface area contributed by atoms with E-state index >= 15 is 0 Å². The average Bonchev–Trinajstić information content (AvgIpc) is 2.75. The van der Waals surface area contributed by atoms with Gasteiger partial charge in [-0.1, -0.05) is 19.1 Å². The molecular weight excluding hydrogens is 226 g/mol. The van der Waals surface area contributed by atoms with E-state index in [4.69, 9.17) is 5.26 Å². The molecule has 18 heavy (non-hydrogen) atoms. The highest BCUT2D eigenvalue weighted by Crippen LogP contribution is 2.16. The van der Waals surface area contributed by atoms with Gasteiger partial charge in [-0.3, -0.25) is 9.69 Å². The molecule has 1 atom stereocenters. The number of rotatable bonds is 3. The molecular formula is C14H17N3O. The second kappa shape index (κ2) is 5.65. The van der Waals surface area contributed by atoms with E-state index in [-0.39, 0.29) is 5.91 Å². The van der Waals surface area contributed by atoms with Crippen molar-refractivity contribution in [3.8, 4) is 6.07 Å². The first-order chi connectivity index (χ1) is 8.69. The third-order valence-corrected chi connectivity index (χ3v) is 3.20. The van der Waals surface area contributed by atoms with Gasteiger partial charge in [-0.25, -0.2) is 0 Å². The molecule has 0 aliphatic carbocycles. The highest BCUT2D eigenvalue weighted by molar-refractivity contribution is 5.93. The van der Waals surface area contributed by atoms with Crippen molar-refractivity contribution in [2.45, 2.75) is 13.3 Å². The molecule has 1 unspecified atom stereocenters. The van der Waals surface area contributed by atoms with E-state index in [2.05, 4.69) is 23.2 Å². The zero-order chi connectivity index (χ0) is 13.0. The van der Waals surface area contributed by atoms with Crippen molar-refractivity contribution >= 4 is 11.6 Å². The number of nitrogens with zero attached hydrogens (tertiary/aromatic N) is 2. The highest BCUT2D eigenvalue weighted by Gasteiger charge is 2.20. The van der Waals surface area contributed by atoms with Crippen LogP contribution in [0.25, 0.3) is 0 Å². The molecule has 4 heteroatoms. The Bertz CT molecular complexity index is 478. The molecule has 1 aliphatic heterocycles. The summed E-state index contributed by atoms with van der Waals surface area (Å²) in [6, 6.07) is 9.13. The lowest BCUT2D eigenvalue weighted by Gasteiger charge is -2.15. The lowest BCUT2D eigenvalue weighted by Crippen LogP contribution is -2.31. The Kier molecular flexibility index (Phi) is 3.96. The number of hydrogen-bond donors (Lipinski definition) is 1. The van der Waals surface area contributed by atoms with Gasteiger partial charge in [0.15, 0.2) is 0 Å². The lowest BCUT2D eigenvalue weighted by atomic mass is 10.2. The van der Waals surface area contributed by atoms with Crippen LogP contribution in [0.3, 0.4) is 0 Å². The maximum atomic E-state index is 11.9.